The maximum atomic E-state index is 13.0. The van der Waals surface area contributed by atoms with Crippen molar-refractivity contribution in [3.63, 3.8) is 0 Å². The second kappa shape index (κ2) is 11.2. The molecule has 2 aromatic rings. The Morgan fingerprint density at radius 2 is 1.64 bits per heavy atom. The third kappa shape index (κ3) is 7.14. The number of nitrogens with one attached hydrogen (secondary N) is 3. The Bertz CT molecular complexity index is 1050. The van der Waals surface area contributed by atoms with Crippen LogP contribution in [0.3, 0.4) is 0 Å². The van der Waals surface area contributed by atoms with E-state index in [-0.39, 0.29) is 27.9 Å². The summed E-state index contributed by atoms with van der Waals surface area (Å²) in [6.07, 6.45) is -1.01. The quantitative estimate of drug-likeness (QED) is 0.392. The highest BCUT2D eigenvalue weighted by molar-refractivity contribution is 6.34. The smallest absolute Gasteiger partial charge is 0.279 e. The van der Waals surface area contributed by atoms with E-state index in [0.717, 1.165) is 12.1 Å². The summed E-state index contributed by atoms with van der Waals surface area (Å²) in [7, 11) is 0. The van der Waals surface area contributed by atoms with Crippen molar-refractivity contribution in [1.82, 2.24) is 16.2 Å². The van der Waals surface area contributed by atoms with E-state index in [4.69, 9.17) is 16.3 Å². The fraction of sp³-hybridized carbons (Fsp3) is 0.286. The van der Waals surface area contributed by atoms with Gasteiger partial charge in [-0.1, -0.05) is 25.4 Å². The molecule has 3 N–H and O–H groups in total. The van der Waals surface area contributed by atoms with Crippen LogP contribution in [0.4, 0.5) is 10.1 Å². The summed E-state index contributed by atoms with van der Waals surface area (Å²) in [6, 6.07) is 7.33. The van der Waals surface area contributed by atoms with Gasteiger partial charge in [-0.25, -0.2) is 4.39 Å². The standard InChI is InChI=1S/C21H22ClFN4O6/c1-11(2)18(24-20(29)16-9-6-14(27(31)32)10-17(16)22)21(30)26-25-19(28)12(3)33-15-7-4-13(23)5-8-15/h4-12,18H,1-3H3,(H,24,29)(H,25,28)(H,26,30)/t12?,18-/m0/s1. The van der Waals surface area contributed by atoms with Gasteiger partial charge in [0.1, 0.15) is 17.6 Å². The highest BCUT2D eigenvalue weighted by Crippen LogP contribution is 2.22. The molecule has 12 heteroatoms. The average Bonchev–Trinajstić information content (AvgIpc) is 2.76. The third-order valence-corrected chi connectivity index (χ3v) is 4.76. The number of amides is 3. The molecule has 0 aliphatic heterocycles. The molecule has 0 saturated heterocycles. The van der Waals surface area contributed by atoms with Crippen LogP contribution in [-0.2, 0) is 9.59 Å². The van der Waals surface area contributed by atoms with Crippen LogP contribution in [0.2, 0.25) is 5.02 Å². The zero-order chi connectivity index (χ0) is 24.7. The summed E-state index contributed by atoms with van der Waals surface area (Å²) in [5.74, 6) is -2.68. The highest BCUT2D eigenvalue weighted by atomic mass is 35.5. The minimum atomic E-state index is -1.06. The van der Waals surface area contributed by atoms with E-state index < -0.39 is 40.6 Å². The predicted molar refractivity (Wildman–Crippen MR) is 117 cm³/mol. The second-order valence-corrected chi connectivity index (χ2v) is 7.72. The third-order valence-electron chi connectivity index (χ3n) is 4.45. The monoisotopic (exact) mass is 480 g/mol. The molecule has 3 amide bonds. The molecule has 0 aromatic heterocycles. The van der Waals surface area contributed by atoms with Gasteiger partial charge < -0.3 is 10.1 Å². The molecule has 0 saturated carbocycles. The van der Waals surface area contributed by atoms with Gasteiger partial charge in [0.25, 0.3) is 23.4 Å². The Hall–Kier alpha value is -3.73. The van der Waals surface area contributed by atoms with Crippen LogP contribution < -0.4 is 20.9 Å². The maximum absolute atomic E-state index is 13.0. The van der Waals surface area contributed by atoms with E-state index in [0.29, 0.717) is 0 Å². The van der Waals surface area contributed by atoms with Crippen LogP contribution in [0.5, 0.6) is 5.75 Å². The molecule has 0 fully saturated rings. The van der Waals surface area contributed by atoms with Crippen molar-refractivity contribution in [2.75, 3.05) is 0 Å². The van der Waals surface area contributed by atoms with E-state index in [1.165, 1.54) is 37.3 Å². The number of nitro benzene ring substituents is 1. The number of benzene rings is 2. The van der Waals surface area contributed by atoms with Crippen molar-refractivity contribution >= 4 is 35.0 Å². The van der Waals surface area contributed by atoms with E-state index in [1.54, 1.807) is 13.8 Å². The predicted octanol–water partition coefficient (Wildman–Crippen LogP) is 2.76. The van der Waals surface area contributed by atoms with Crippen molar-refractivity contribution in [3.8, 4) is 5.75 Å². The van der Waals surface area contributed by atoms with Gasteiger partial charge in [-0.3, -0.25) is 35.3 Å². The molecule has 0 heterocycles. The molecule has 0 spiro atoms. The average molecular weight is 481 g/mol. The number of carbonyl (C=O) groups is 3. The van der Waals surface area contributed by atoms with Gasteiger partial charge in [0.15, 0.2) is 6.10 Å². The van der Waals surface area contributed by atoms with Crippen LogP contribution in [-0.4, -0.2) is 34.8 Å². The Labute approximate surface area is 193 Å². The number of carbonyl (C=O) groups excluding carboxylic acids is 3. The van der Waals surface area contributed by atoms with Crippen LogP contribution in [0.15, 0.2) is 42.5 Å². The number of rotatable bonds is 8. The molecule has 0 aliphatic carbocycles. The lowest BCUT2D eigenvalue weighted by atomic mass is 10.0. The van der Waals surface area contributed by atoms with Gasteiger partial charge >= 0.3 is 0 Å². The fourth-order valence-corrected chi connectivity index (χ4v) is 2.89. The van der Waals surface area contributed by atoms with Crippen LogP contribution in [0, 0.1) is 21.8 Å². The van der Waals surface area contributed by atoms with Gasteiger partial charge in [0.05, 0.1) is 15.5 Å². The highest BCUT2D eigenvalue weighted by Gasteiger charge is 2.27. The summed E-state index contributed by atoms with van der Waals surface area (Å²) in [5, 5.41) is 13.2. The Morgan fingerprint density at radius 1 is 1.03 bits per heavy atom. The number of nitrogens with zero attached hydrogens (tertiary/aromatic N) is 1. The zero-order valence-corrected chi connectivity index (χ0v) is 18.7. The van der Waals surface area contributed by atoms with Crippen molar-refractivity contribution in [2.24, 2.45) is 5.92 Å². The molecule has 0 aliphatic rings. The molecule has 10 nitrogen and oxygen atoms in total. The van der Waals surface area contributed by atoms with E-state index in [9.17, 15) is 28.9 Å². The number of hydrazine groups is 1. The largest absolute Gasteiger partial charge is 0.481 e. The molecular formula is C21H22ClFN4O6. The van der Waals surface area contributed by atoms with Crippen LogP contribution in [0.25, 0.3) is 0 Å². The molecule has 176 valence electrons. The first-order chi connectivity index (χ1) is 15.5. The Kier molecular flexibility index (Phi) is 8.69. The zero-order valence-electron chi connectivity index (χ0n) is 17.9. The van der Waals surface area contributed by atoms with Crippen molar-refractivity contribution in [1.29, 1.82) is 0 Å². The maximum Gasteiger partial charge on any atom is 0.279 e. The first kappa shape index (κ1) is 25.5. The number of halogens is 2. The number of nitro groups is 1. The number of ether oxygens (including phenoxy) is 1. The Balaban J connectivity index is 1.97. The van der Waals surface area contributed by atoms with Crippen molar-refractivity contribution in [3.05, 3.63) is 69.0 Å². The number of hydrogen-bond acceptors (Lipinski definition) is 6. The van der Waals surface area contributed by atoms with Gasteiger partial charge in [-0.15, -0.1) is 0 Å². The van der Waals surface area contributed by atoms with Gasteiger partial charge in [-0.05, 0) is 43.2 Å². The number of hydrogen-bond donors (Lipinski definition) is 3. The molecule has 0 radical (unpaired) electrons. The van der Waals surface area contributed by atoms with E-state index in [2.05, 4.69) is 16.2 Å². The second-order valence-electron chi connectivity index (χ2n) is 7.31. The first-order valence-corrected chi connectivity index (χ1v) is 10.1. The summed E-state index contributed by atoms with van der Waals surface area (Å²) < 4.78 is 18.3. The summed E-state index contributed by atoms with van der Waals surface area (Å²) in [6.45, 7) is 4.78. The lowest BCUT2D eigenvalue weighted by Crippen LogP contribution is -2.56. The van der Waals surface area contributed by atoms with Gasteiger partial charge in [0, 0.05) is 12.1 Å². The number of non-ortho nitro benzene ring substituents is 1. The lowest BCUT2D eigenvalue weighted by molar-refractivity contribution is -0.384. The molecule has 2 aromatic carbocycles. The van der Waals surface area contributed by atoms with Crippen molar-refractivity contribution < 1.29 is 28.4 Å². The molecule has 2 atom stereocenters. The molecule has 2 rings (SSSR count). The van der Waals surface area contributed by atoms with E-state index >= 15 is 0 Å². The molecule has 1 unspecified atom stereocenters. The molecule has 0 bridgehead atoms. The fourth-order valence-electron chi connectivity index (χ4n) is 2.63. The summed E-state index contributed by atoms with van der Waals surface area (Å²) in [5.41, 5.74) is 4.09. The van der Waals surface area contributed by atoms with Crippen LogP contribution in [0.1, 0.15) is 31.1 Å². The van der Waals surface area contributed by atoms with Crippen LogP contribution >= 0.6 is 11.6 Å². The molecular weight excluding hydrogens is 459 g/mol. The normalized spacial score (nSPS) is 12.4. The minimum Gasteiger partial charge on any atom is -0.481 e. The van der Waals surface area contributed by atoms with Gasteiger partial charge in [-0.2, -0.15) is 0 Å². The molecule has 33 heavy (non-hydrogen) atoms. The first-order valence-electron chi connectivity index (χ1n) is 9.76. The topological polar surface area (TPSA) is 140 Å². The van der Waals surface area contributed by atoms with Crippen molar-refractivity contribution in [2.45, 2.75) is 32.9 Å². The SMILES string of the molecule is CC(Oc1ccc(F)cc1)C(=O)NNC(=O)[C@@H](NC(=O)c1ccc([N+](=O)[O-])cc1Cl)C(C)C. The minimum absolute atomic E-state index is 0.0499. The summed E-state index contributed by atoms with van der Waals surface area (Å²) in [4.78, 5) is 47.5. The Morgan fingerprint density at radius 3 is 2.18 bits per heavy atom. The van der Waals surface area contributed by atoms with E-state index in [1.807, 2.05) is 0 Å². The van der Waals surface area contributed by atoms with Gasteiger partial charge in [0.2, 0.25) is 0 Å². The summed E-state index contributed by atoms with van der Waals surface area (Å²) >= 11 is 5.97. The lowest BCUT2D eigenvalue weighted by Gasteiger charge is -2.22.